The third-order valence-electron chi connectivity index (χ3n) is 4.38. The zero-order chi connectivity index (χ0) is 23.9. The lowest BCUT2D eigenvalue weighted by Gasteiger charge is -2.34. The standard InChI is InChI=1S/C23H37N3O5/c1-9-12-26(21(29)16(5)25-22(30)31-23(6,7)8)19(20(28)24-14(2)3)17-10-11-18(27)15(4)13-17/h10-11,13-14,16,19,27H,9,12H2,1-8H3,(H,24,28)(H,25,30). The minimum atomic E-state index is -0.906. The minimum Gasteiger partial charge on any atom is -0.508 e. The van der Waals surface area contributed by atoms with Gasteiger partial charge in [0.2, 0.25) is 11.8 Å². The Balaban J connectivity index is 3.27. The van der Waals surface area contributed by atoms with Gasteiger partial charge in [0, 0.05) is 12.6 Å². The van der Waals surface area contributed by atoms with Crippen molar-refractivity contribution < 1.29 is 24.2 Å². The van der Waals surface area contributed by atoms with E-state index in [1.54, 1.807) is 46.8 Å². The van der Waals surface area contributed by atoms with Crippen LogP contribution in [-0.2, 0) is 14.3 Å². The first-order valence-corrected chi connectivity index (χ1v) is 10.7. The topological polar surface area (TPSA) is 108 Å². The van der Waals surface area contributed by atoms with Crippen LogP contribution >= 0.6 is 0 Å². The SMILES string of the molecule is CCCN(C(=O)C(C)NC(=O)OC(C)(C)C)C(C(=O)NC(C)C)c1ccc(O)c(C)c1. The number of carbonyl (C=O) groups is 3. The summed E-state index contributed by atoms with van der Waals surface area (Å²) < 4.78 is 5.24. The quantitative estimate of drug-likeness (QED) is 0.580. The second-order valence-electron chi connectivity index (χ2n) is 9.01. The molecule has 0 heterocycles. The number of nitrogens with one attached hydrogen (secondary N) is 2. The van der Waals surface area contributed by atoms with Crippen LogP contribution in [0.1, 0.15) is 72.1 Å². The summed E-state index contributed by atoms with van der Waals surface area (Å²) in [6, 6.07) is 2.92. The van der Waals surface area contributed by atoms with Gasteiger partial charge in [-0.25, -0.2) is 4.79 Å². The summed E-state index contributed by atoms with van der Waals surface area (Å²) >= 11 is 0. The van der Waals surface area contributed by atoms with Crippen molar-refractivity contribution in [3.8, 4) is 5.75 Å². The summed E-state index contributed by atoms with van der Waals surface area (Å²) in [5, 5.41) is 15.3. The van der Waals surface area contributed by atoms with E-state index >= 15 is 0 Å². The van der Waals surface area contributed by atoms with Crippen LogP contribution in [0.5, 0.6) is 5.75 Å². The van der Waals surface area contributed by atoms with E-state index in [0.717, 1.165) is 0 Å². The maximum Gasteiger partial charge on any atom is 0.408 e. The third-order valence-corrected chi connectivity index (χ3v) is 4.38. The van der Waals surface area contributed by atoms with Crippen LogP contribution < -0.4 is 10.6 Å². The van der Waals surface area contributed by atoms with Gasteiger partial charge in [-0.05, 0) is 78.1 Å². The molecule has 0 aliphatic carbocycles. The highest BCUT2D eigenvalue weighted by Gasteiger charge is 2.34. The summed E-state index contributed by atoms with van der Waals surface area (Å²) in [7, 11) is 0. The highest BCUT2D eigenvalue weighted by molar-refractivity contribution is 5.92. The Morgan fingerprint density at radius 1 is 1.13 bits per heavy atom. The van der Waals surface area contributed by atoms with Gasteiger partial charge in [-0.3, -0.25) is 9.59 Å². The maximum absolute atomic E-state index is 13.3. The zero-order valence-corrected chi connectivity index (χ0v) is 19.9. The summed E-state index contributed by atoms with van der Waals surface area (Å²) in [4.78, 5) is 40.0. The minimum absolute atomic E-state index is 0.111. The molecule has 8 nitrogen and oxygen atoms in total. The molecule has 2 unspecified atom stereocenters. The van der Waals surface area contributed by atoms with Gasteiger partial charge in [0.05, 0.1) is 0 Å². The Labute approximate surface area is 185 Å². The Morgan fingerprint density at radius 3 is 2.23 bits per heavy atom. The number of benzene rings is 1. The fourth-order valence-corrected chi connectivity index (χ4v) is 3.09. The van der Waals surface area contributed by atoms with E-state index in [0.29, 0.717) is 24.1 Å². The van der Waals surface area contributed by atoms with Crippen molar-refractivity contribution in [3.63, 3.8) is 0 Å². The molecule has 0 aliphatic rings. The summed E-state index contributed by atoms with van der Waals surface area (Å²) in [6.07, 6.45) is -0.0820. The predicted molar refractivity (Wildman–Crippen MR) is 120 cm³/mol. The fraction of sp³-hybridized carbons (Fsp3) is 0.609. The molecular weight excluding hydrogens is 398 g/mol. The molecule has 0 aliphatic heterocycles. The molecule has 8 heteroatoms. The lowest BCUT2D eigenvalue weighted by molar-refractivity contribution is -0.142. The van der Waals surface area contributed by atoms with Crippen molar-refractivity contribution in [1.82, 2.24) is 15.5 Å². The zero-order valence-electron chi connectivity index (χ0n) is 19.9. The van der Waals surface area contributed by atoms with Crippen molar-refractivity contribution >= 4 is 17.9 Å². The molecule has 0 radical (unpaired) electrons. The summed E-state index contributed by atoms with van der Waals surface area (Å²) in [5.41, 5.74) is 0.488. The molecule has 3 N–H and O–H groups in total. The van der Waals surface area contributed by atoms with Crippen molar-refractivity contribution in [3.05, 3.63) is 29.3 Å². The number of hydrogen-bond donors (Lipinski definition) is 3. The molecule has 3 amide bonds. The van der Waals surface area contributed by atoms with E-state index in [1.807, 2.05) is 20.8 Å². The van der Waals surface area contributed by atoms with E-state index in [-0.39, 0.29) is 17.7 Å². The Kier molecular flexibility index (Phi) is 9.34. The number of phenols is 1. The van der Waals surface area contributed by atoms with Gasteiger partial charge in [0.1, 0.15) is 23.4 Å². The van der Waals surface area contributed by atoms with Gasteiger partial charge in [-0.2, -0.15) is 0 Å². The first-order valence-electron chi connectivity index (χ1n) is 10.7. The molecule has 0 spiro atoms. The van der Waals surface area contributed by atoms with Crippen LogP contribution in [0.15, 0.2) is 18.2 Å². The van der Waals surface area contributed by atoms with Gasteiger partial charge in [0.15, 0.2) is 0 Å². The number of rotatable bonds is 8. The Hall–Kier alpha value is -2.77. The average Bonchev–Trinajstić information content (AvgIpc) is 2.61. The van der Waals surface area contributed by atoms with Crippen LogP contribution in [-0.4, -0.2) is 52.1 Å². The number of phenolic OH excluding ortho intramolecular Hbond substituents is 1. The molecule has 174 valence electrons. The number of ether oxygens (including phenoxy) is 1. The summed E-state index contributed by atoms with van der Waals surface area (Å²) in [6.45, 7) is 14.4. The number of hydrogen-bond acceptors (Lipinski definition) is 5. The molecule has 0 aromatic heterocycles. The van der Waals surface area contributed by atoms with Crippen LogP contribution in [0.4, 0.5) is 4.79 Å². The van der Waals surface area contributed by atoms with Crippen molar-refractivity contribution in [2.75, 3.05) is 6.54 Å². The van der Waals surface area contributed by atoms with E-state index in [2.05, 4.69) is 10.6 Å². The highest BCUT2D eigenvalue weighted by atomic mass is 16.6. The second kappa shape index (κ2) is 11.0. The van der Waals surface area contributed by atoms with Crippen LogP contribution in [0.2, 0.25) is 0 Å². The smallest absolute Gasteiger partial charge is 0.408 e. The molecule has 0 saturated carbocycles. The van der Waals surface area contributed by atoms with Crippen LogP contribution in [0.3, 0.4) is 0 Å². The molecular formula is C23H37N3O5. The molecule has 0 fully saturated rings. The van der Waals surface area contributed by atoms with E-state index < -0.39 is 29.7 Å². The molecule has 0 bridgehead atoms. The van der Waals surface area contributed by atoms with Crippen molar-refractivity contribution in [2.24, 2.45) is 0 Å². The molecule has 1 aromatic carbocycles. The number of aromatic hydroxyl groups is 1. The largest absolute Gasteiger partial charge is 0.508 e. The Morgan fingerprint density at radius 2 is 1.74 bits per heavy atom. The van der Waals surface area contributed by atoms with E-state index in [9.17, 15) is 19.5 Å². The van der Waals surface area contributed by atoms with Gasteiger partial charge in [-0.15, -0.1) is 0 Å². The number of alkyl carbamates (subject to hydrolysis) is 1. The first-order chi connectivity index (χ1) is 14.3. The number of amides is 3. The maximum atomic E-state index is 13.3. The second-order valence-corrected chi connectivity index (χ2v) is 9.01. The van der Waals surface area contributed by atoms with Gasteiger partial charge < -0.3 is 25.4 Å². The van der Waals surface area contributed by atoms with Gasteiger partial charge in [-0.1, -0.05) is 13.0 Å². The van der Waals surface area contributed by atoms with Crippen molar-refractivity contribution in [1.29, 1.82) is 0 Å². The first kappa shape index (κ1) is 26.3. The number of carbonyl (C=O) groups excluding carboxylic acids is 3. The molecule has 31 heavy (non-hydrogen) atoms. The number of nitrogens with zero attached hydrogens (tertiary/aromatic N) is 1. The summed E-state index contributed by atoms with van der Waals surface area (Å²) in [5.74, 6) is -0.617. The van der Waals surface area contributed by atoms with Gasteiger partial charge >= 0.3 is 6.09 Å². The van der Waals surface area contributed by atoms with E-state index in [4.69, 9.17) is 4.74 Å². The van der Waals surface area contributed by atoms with E-state index in [1.165, 1.54) is 11.0 Å². The van der Waals surface area contributed by atoms with Crippen molar-refractivity contribution in [2.45, 2.75) is 85.5 Å². The Bertz CT molecular complexity index is 786. The molecule has 2 atom stereocenters. The van der Waals surface area contributed by atoms with Crippen LogP contribution in [0.25, 0.3) is 0 Å². The monoisotopic (exact) mass is 435 g/mol. The molecule has 0 saturated heterocycles. The third kappa shape index (κ3) is 8.11. The molecule has 1 rings (SSSR count). The highest BCUT2D eigenvalue weighted by Crippen LogP contribution is 2.27. The van der Waals surface area contributed by atoms with Crippen LogP contribution in [0, 0.1) is 6.92 Å². The normalized spacial score (nSPS) is 13.3. The number of aryl methyl sites for hydroxylation is 1. The average molecular weight is 436 g/mol. The lowest BCUT2D eigenvalue weighted by atomic mass is 10.00. The van der Waals surface area contributed by atoms with Gasteiger partial charge in [0.25, 0.3) is 0 Å². The fourth-order valence-electron chi connectivity index (χ4n) is 3.09. The predicted octanol–water partition coefficient (Wildman–Crippen LogP) is 3.42. The lowest BCUT2D eigenvalue weighted by Crippen LogP contribution is -2.52. The molecule has 1 aromatic rings.